The molecule has 1 aliphatic carbocycles. The Hall–Kier alpha value is -3.47. The van der Waals surface area contributed by atoms with E-state index in [2.05, 4.69) is 16.7 Å². The lowest BCUT2D eigenvalue weighted by molar-refractivity contribution is -0.133. The van der Waals surface area contributed by atoms with E-state index >= 15 is 0 Å². The number of carbonyl (C=O) groups is 2. The third-order valence-corrected chi connectivity index (χ3v) is 6.36. The first-order valence-electron chi connectivity index (χ1n) is 12.0. The largest absolute Gasteiger partial charge is 0.478 e. The Morgan fingerprint density at radius 3 is 2.49 bits per heavy atom. The van der Waals surface area contributed by atoms with E-state index in [1.807, 2.05) is 62.4 Å². The number of amides is 1. The van der Waals surface area contributed by atoms with Crippen LogP contribution in [-0.4, -0.2) is 41.3 Å². The number of nitrogens with one attached hydrogen (secondary N) is 2. The average Bonchev–Trinajstić information content (AvgIpc) is 2.86. The summed E-state index contributed by atoms with van der Waals surface area (Å²) < 4.78 is 6.23. The monoisotopic (exact) mass is 475 g/mol. The van der Waals surface area contributed by atoms with E-state index in [9.17, 15) is 20.0 Å². The minimum absolute atomic E-state index is 0.0370. The summed E-state index contributed by atoms with van der Waals surface area (Å²) in [5, 5.41) is 25.8. The Bertz CT molecular complexity index is 1100. The van der Waals surface area contributed by atoms with Gasteiger partial charge < -0.3 is 20.5 Å². The predicted molar refractivity (Wildman–Crippen MR) is 134 cm³/mol. The maximum absolute atomic E-state index is 12.0. The van der Waals surface area contributed by atoms with Crippen LogP contribution in [0.25, 0.3) is 11.1 Å². The molecule has 3 atom stereocenters. The lowest BCUT2D eigenvalue weighted by atomic mass is 9.87. The maximum Gasteiger partial charge on any atom is 0.331 e. The summed E-state index contributed by atoms with van der Waals surface area (Å²) in [4.78, 5) is 23.9. The third kappa shape index (κ3) is 6.78. The van der Waals surface area contributed by atoms with Crippen molar-refractivity contribution in [3.8, 4) is 17.2 Å². The molecule has 0 aliphatic heterocycles. The highest BCUT2D eigenvalue weighted by atomic mass is 16.5. The molecule has 0 fully saturated rings. The summed E-state index contributed by atoms with van der Waals surface area (Å²) in [5.74, 6) is -1.19. The first kappa shape index (κ1) is 26.1. The fourth-order valence-electron chi connectivity index (χ4n) is 4.48. The van der Waals surface area contributed by atoms with Gasteiger partial charge in [0.15, 0.2) is 0 Å². The van der Waals surface area contributed by atoms with Gasteiger partial charge in [-0.15, -0.1) is 0 Å². The van der Waals surface area contributed by atoms with Crippen molar-refractivity contribution >= 4 is 11.9 Å². The second-order valence-electron chi connectivity index (χ2n) is 8.81. The van der Waals surface area contributed by atoms with Gasteiger partial charge >= 0.3 is 5.97 Å². The molecule has 184 valence electrons. The van der Waals surface area contributed by atoms with Crippen molar-refractivity contribution in [2.24, 2.45) is 0 Å². The number of benzene rings is 2. The van der Waals surface area contributed by atoms with E-state index in [1.54, 1.807) is 6.08 Å². The summed E-state index contributed by atoms with van der Waals surface area (Å²) >= 11 is 0. The zero-order chi connectivity index (χ0) is 25.4. The highest BCUT2D eigenvalue weighted by Crippen LogP contribution is 2.27. The number of hydrogen-bond acceptors (Lipinski definition) is 5. The van der Waals surface area contributed by atoms with Crippen LogP contribution in [0.4, 0.5) is 0 Å². The molecule has 35 heavy (non-hydrogen) atoms. The van der Waals surface area contributed by atoms with Gasteiger partial charge in [0.05, 0.1) is 29.9 Å². The van der Waals surface area contributed by atoms with Gasteiger partial charge in [-0.05, 0) is 48.1 Å². The fraction of sp³-hybridized carbons (Fsp3) is 0.393. The van der Waals surface area contributed by atoms with Gasteiger partial charge in [-0.25, -0.2) is 4.79 Å². The molecular formula is C28H33N3O4. The van der Waals surface area contributed by atoms with E-state index in [0.717, 1.165) is 29.5 Å². The number of carboxylic acid groups (broad SMARTS) is 1. The number of carboxylic acids is 1. The van der Waals surface area contributed by atoms with E-state index in [-0.39, 0.29) is 30.0 Å². The number of aliphatic carboxylic acids is 1. The zero-order valence-corrected chi connectivity index (χ0v) is 20.5. The molecule has 0 heterocycles. The molecule has 0 radical (unpaired) electrons. The summed E-state index contributed by atoms with van der Waals surface area (Å²) in [5.41, 5.74) is 3.56. The average molecular weight is 476 g/mol. The number of hydrogen-bond donors (Lipinski definition) is 3. The second kappa shape index (κ2) is 12.3. The lowest BCUT2D eigenvalue weighted by Gasteiger charge is -2.38. The van der Waals surface area contributed by atoms with Crippen molar-refractivity contribution in [2.45, 2.75) is 70.9 Å². The molecule has 0 bridgehead atoms. The van der Waals surface area contributed by atoms with Crippen LogP contribution in [0.5, 0.6) is 0 Å². The summed E-state index contributed by atoms with van der Waals surface area (Å²) in [6, 6.07) is 17.0. The molecule has 3 rings (SSSR count). The van der Waals surface area contributed by atoms with Gasteiger partial charge in [0.1, 0.15) is 0 Å². The number of ether oxygens (including phenoxy) is 1. The van der Waals surface area contributed by atoms with E-state index in [1.165, 1.54) is 6.92 Å². The van der Waals surface area contributed by atoms with Crippen LogP contribution in [0.3, 0.4) is 0 Å². The number of carbonyl (C=O) groups excluding carboxylic acids is 1. The van der Waals surface area contributed by atoms with Crippen LogP contribution in [0, 0.1) is 11.3 Å². The molecule has 1 amide bonds. The van der Waals surface area contributed by atoms with Crippen molar-refractivity contribution in [1.29, 1.82) is 5.26 Å². The first-order chi connectivity index (χ1) is 16.9. The molecular weight excluding hydrogens is 442 g/mol. The molecule has 0 aromatic heterocycles. The van der Waals surface area contributed by atoms with Crippen LogP contribution < -0.4 is 10.6 Å². The normalized spacial score (nSPS) is 19.6. The molecule has 7 heteroatoms. The summed E-state index contributed by atoms with van der Waals surface area (Å²) in [6.45, 7) is 5.90. The van der Waals surface area contributed by atoms with E-state index in [0.29, 0.717) is 12.1 Å². The highest BCUT2D eigenvalue weighted by Gasteiger charge is 2.37. The molecule has 2 aromatic rings. The van der Waals surface area contributed by atoms with E-state index in [4.69, 9.17) is 4.74 Å². The minimum Gasteiger partial charge on any atom is -0.478 e. The SMILES string of the molecule is CCC(CC)O[C@@H]1C=C(C(=O)O)C[C@H](NCc2ccc(-c3ccccc3)c(C#N)c2)[C@H]1NC(C)=O. The van der Waals surface area contributed by atoms with Crippen molar-refractivity contribution in [2.75, 3.05) is 0 Å². The molecule has 1 aliphatic rings. The minimum atomic E-state index is -0.991. The highest BCUT2D eigenvalue weighted by molar-refractivity contribution is 5.87. The number of nitriles is 1. The van der Waals surface area contributed by atoms with Gasteiger partial charge in [-0.1, -0.05) is 56.3 Å². The topological polar surface area (TPSA) is 111 Å². The van der Waals surface area contributed by atoms with Crippen molar-refractivity contribution < 1.29 is 19.4 Å². The number of nitrogens with zero attached hydrogens (tertiary/aromatic N) is 1. The molecule has 0 saturated carbocycles. The Labute approximate surface area is 206 Å². The van der Waals surface area contributed by atoms with Gasteiger partial charge in [-0.3, -0.25) is 4.79 Å². The molecule has 0 unspecified atom stereocenters. The van der Waals surface area contributed by atoms with Gasteiger partial charge in [0.2, 0.25) is 5.91 Å². The maximum atomic E-state index is 12.0. The van der Waals surface area contributed by atoms with E-state index < -0.39 is 18.1 Å². The fourth-order valence-corrected chi connectivity index (χ4v) is 4.48. The Morgan fingerprint density at radius 1 is 1.17 bits per heavy atom. The van der Waals surface area contributed by atoms with Crippen molar-refractivity contribution in [3.05, 3.63) is 71.3 Å². The third-order valence-electron chi connectivity index (χ3n) is 6.36. The first-order valence-corrected chi connectivity index (χ1v) is 12.0. The summed E-state index contributed by atoms with van der Waals surface area (Å²) in [7, 11) is 0. The Kier molecular flexibility index (Phi) is 9.18. The van der Waals surface area contributed by atoms with Crippen molar-refractivity contribution in [3.63, 3.8) is 0 Å². The Morgan fingerprint density at radius 2 is 1.89 bits per heavy atom. The van der Waals surface area contributed by atoms with Gasteiger partial charge in [0, 0.05) is 25.1 Å². The molecule has 3 N–H and O–H groups in total. The summed E-state index contributed by atoms with van der Waals surface area (Å²) in [6.07, 6.45) is 2.86. The standard InChI is InChI=1S/C28H33N3O4/c1-4-23(5-2)35-26-15-21(28(33)34)14-25(27(26)31-18(3)32)30-17-19-11-12-24(22(13-19)16-29)20-9-7-6-8-10-20/h6-13,15,23,25-27,30H,4-5,14,17H2,1-3H3,(H,31,32)(H,33,34)/t25-,26+,27+/m0/s1. The van der Waals surface area contributed by atoms with Crippen LogP contribution in [0.2, 0.25) is 0 Å². The van der Waals surface area contributed by atoms with Crippen molar-refractivity contribution in [1.82, 2.24) is 10.6 Å². The second-order valence-corrected chi connectivity index (χ2v) is 8.81. The number of rotatable bonds is 10. The van der Waals surface area contributed by atoms with Gasteiger partial charge in [-0.2, -0.15) is 5.26 Å². The predicted octanol–water partition coefficient (Wildman–Crippen LogP) is 4.18. The van der Waals surface area contributed by atoms with Crippen LogP contribution >= 0.6 is 0 Å². The zero-order valence-electron chi connectivity index (χ0n) is 20.5. The molecule has 0 saturated heterocycles. The van der Waals surface area contributed by atoms with Crippen LogP contribution in [0.15, 0.2) is 60.2 Å². The Balaban J connectivity index is 1.84. The lowest BCUT2D eigenvalue weighted by Crippen LogP contribution is -2.58. The molecule has 7 nitrogen and oxygen atoms in total. The molecule has 0 spiro atoms. The smallest absolute Gasteiger partial charge is 0.331 e. The quantitative estimate of drug-likeness (QED) is 0.475. The molecule has 2 aromatic carbocycles. The van der Waals surface area contributed by atoms with Crippen LogP contribution in [0.1, 0.15) is 51.2 Å². The van der Waals surface area contributed by atoms with Gasteiger partial charge in [0.25, 0.3) is 0 Å². The van der Waals surface area contributed by atoms with Crippen LogP contribution in [-0.2, 0) is 20.9 Å².